The van der Waals surface area contributed by atoms with Crippen molar-refractivity contribution in [2.45, 2.75) is 61.8 Å². The van der Waals surface area contributed by atoms with E-state index in [0.717, 1.165) is 12.3 Å². The molecule has 0 aliphatic carbocycles. The average molecular weight is 296 g/mol. The van der Waals surface area contributed by atoms with E-state index in [1.54, 1.807) is 0 Å². The molecule has 3 heteroatoms. The first-order valence-electron chi connectivity index (χ1n) is 9.05. The predicted octanol–water partition coefficient (Wildman–Crippen LogP) is 3.11. The zero-order valence-corrected chi connectivity index (χ0v) is 13.3. The molecule has 5 aliphatic rings. The van der Waals surface area contributed by atoms with Crippen molar-refractivity contribution in [1.82, 2.24) is 4.90 Å². The summed E-state index contributed by atoms with van der Waals surface area (Å²) in [4.78, 5) is 2.79. The zero-order chi connectivity index (χ0) is 14.6. The first kappa shape index (κ1) is 12.4. The molecule has 5 heterocycles. The fourth-order valence-electron chi connectivity index (χ4n) is 7.01. The van der Waals surface area contributed by atoms with Crippen molar-refractivity contribution < 1.29 is 4.74 Å². The van der Waals surface area contributed by atoms with Crippen molar-refractivity contribution in [1.29, 1.82) is 0 Å². The topological polar surface area (TPSA) is 24.5 Å². The van der Waals surface area contributed by atoms with Gasteiger partial charge in [-0.3, -0.25) is 4.90 Å². The second kappa shape index (κ2) is 3.54. The molecule has 22 heavy (non-hydrogen) atoms. The minimum Gasteiger partial charge on any atom is -0.357 e. The molecule has 6 rings (SSSR count). The Morgan fingerprint density at radius 1 is 1.32 bits per heavy atom. The van der Waals surface area contributed by atoms with Gasteiger partial charge in [0.05, 0.1) is 17.1 Å². The van der Waals surface area contributed by atoms with E-state index in [9.17, 15) is 0 Å². The minimum absolute atomic E-state index is 0.0798. The highest BCUT2D eigenvalue weighted by molar-refractivity contribution is 5.67. The van der Waals surface area contributed by atoms with E-state index in [0.29, 0.717) is 6.04 Å². The lowest BCUT2D eigenvalue weighted by molar-refractivity contribution is -0.125. The molecule has 1 N–H and O–H groups in total. The molecule has 3 nitrogen and oxygen atoms in total. The van der Waals surface area contributed by atoms with Gasteiger partial charge < -0.3 is 10.1 Å². The second-order valence-electron chi connectivity index (χ2n) is 8.25. The number of hydrogen-bond donors (Lipinski definition) is 1. The van der Waals surface area contributed by atoms with Crippen LogP contribution < -0.4 is 5.32 Å². The molecular weight excluding hydrogens is 272 g/mol. The Labute approximate surface area is 132 Å². The molecule has 0 aromatic heterocycles. The molecule has 0 saturated carbocycles. The van der Waals surface area contributed by atoms with Crippen LogP contribution in [0.15, 0.2) is 24.3 Å². The smallest absolute Gasteiger partial charge is 0.151 e. The van der Waals surface area contributed by atoms with Gasteiger partial charge in [0.2, 0.25) is 0 Å². The largest absolute Gasteiger partial charge is 0.357 e. The SMILES string of the molecule is CC[C@@]12C[C@@H]3CC[C@]4(Nc5ccccc5[C@@]45CCN(C3)[C@@H]15)O2. The number of nitrogens with one attached hydrogen (secondary N) is 1. The Balaban J connectivity index is 1.68. The minimum atomic E-state index is -0.138. The highest BCUT2D eigenvalue weighted by Crippen LogP contribution is 2.70. The van der Waals surface area contributed by atoms with E-state index in [2.05, 4.69) is 41.4 Å². The lowest BCUT2D eigenvalue weighted by Crippen LogP contribution is -2.60. The third-order valence-corrected chi connectivity index (χ3v) is 7.60. The van der Waals surface area contributed by atoms with Gasteiger partial charge in [-0.2, -0.15) is 0 Å². The fraction of sp³-hybridized carbons (Fsp3) is 0.684. The van der Waals surface area contributed by atoms with Gasteiger partial charge in [-0.05, 0) is 56.2 Å². The number of benzene rings is 1. The maximum absolute atomic E-state index is 7.06. The summed E-state index contributed by atoms with van der Waals surface area (Å²) < 4.78 is 7.06. The van der Waals surface area contributed by atoms with Crippen LogP contribution in [0.2, 0.25) is 0 Å². The van der Waals surface area contributed by atoms with Gasteiger partial charge in [0, 0.05) is 12.2 Å². The zero-order valence-electron chi connectivity index (χ0n) is 13.3. The Morgan fingerprint density at radius 3 is 3.14 bits per heavy atom. The highest BCUT2D eigenvalue weighted by Gasteiger charge is 2.79. The number of hydrogen-bond acceptors (Lipinski definition) is 3. The van der Waals surface area contributed by atoms with Crippen molar-refractivity contribution in [2.24, 2.45) is 5.92 Å². The van der Waals surface area contributed by atoms with Gasteiger partial charge in [-0.15, -0.1) is 0 Å². The molecule has 5 atom stereocenters. The normalized spacial score (nSPS) is 50.6. The molecule has 4 fully saturated rings. The predicted molar refractivity (Wildman–Crippen MR) is 85.9 cm³/mol. The highest BCUT2D eigenvalue weighted by atomic mass is 16.6. The molecule has 5 aliphatic heterocycles. The maximum atomic E-state index is 7.06. The lowest BCUT2D eigenvalue weighted by Gasteiger charge is -2.48. The van der Waals surface area contributed by atoms with Crippen molar-refractivity contribution in [3.63, 3.8) is 0 Å². The second-order valence-corrected chi connectivity index (χ2v) is 8.25. The Kier molecular flexibility index (Phi) is 1.99. The Hall–Kier alpha value is -1.06. The summed E-state index contributed by atoms with van der Waals surface area (Å²) in [5.41, 5.74) is 3.00. The maximum Gasteiger partial charge on any atom is 0.151 e. The molecule has 2 spiro atoms. The molecule has 0 unspecified atom stereocenters. The third-order valence-electron chi connectivity index (χ3n) is 7.60. The number of ether oxygens (including phenoxy) is 1. The molecule has 0 amide bonds. The van der Waals surface area contributed by atoms with E-state index in [1.165, 1.54) is 50.0 Å². The van der Waals surface area contributed by atoms with Crippen molar-refractivity contribution in [2.75, 3.05) is 18.4 Å². The van der Waals surface area contributed by atoms with Crippen molar-refractivity contribution >= 4 is 5.69 Å². The van der Waals surface area contributed by atoms with E-state index in [1.807, 2.05) is 0 Å². The molecule has 1 aromatic carbocycles. The fourth-order valence-corrected chi connectivity index (χ4v) is 7.01. The van der Waals surface area contributed by atoms with Crippen LogP contribution in [0.4, 0.5) is 5.69 Å². The summed E-state index contributed by atoms with van der Waals surface area (Å²) in [6, 6.07) is 9.59. The Bertz CT molecular complexity index is 675. The molecule has 116 valence electrons. The van der Waals surface area contributed by atoms with Gasteiger partial charge in [-0.1, -0.05) is 25.1 Å². The van der Waals surface area contributed by atoms with Crippen LogP contribution in [0.1, 0.15) is 44.6 Å². The summed E-state index contributed by atoms with van der Waals surface area (Å²) in [6.07, 6.45) is 6.18. The number of para-hydroxylation sites is 1. The molecular formula is C19H24N2O. The van der Waals surface area contributed by atoms with Crippen LogP contribution in [-0.4, -0.2) is 35.4 Å². The number of anilines is 1. The Morgan fingerprint density at radius 2 is 2.23 bits per heavy atom. The summed E-state index contributed by atoms with van der Waals surface area (Å²) in [6.45, 7) is 4.90. The summed E-state index contributed by atoms with van der Waals surface area (Å²) in [5, 5.41) is 3.89. The monoisotopic (exact) mass is 296 g/mol. The van der Waals surface area contributed by atoms with E-state index in [-0.39, 0.29) is 16.7 Å². The van der Waals surface area contributed by atoms with Gasteiger partial charge in [-0.25, -0.2) is 0 Å². The van der Waals surface area contributed by atoms with Gasteiger partial charge in [0.1, 0.15) is 0 Å². The van der Waals surface area contributed by atoms with Crippen molar-refractivity contribution in [3.8, 4) is 0 Å². The molecule has 1 aromatic rings. The molecule has 3 bridgehead atoms. The standard InChI is InChI=1S/C19H24N2O/c1-2-17-11-13-7-8-19(22-17)18(9-10-21(12-13)16(17)18)14-5-3-4-6-15(14)20-19/h3-6,13,16,20H,2,7-12H2,1H3/t13-,16-,17+,18+,19-/m0/s1. The van der Waals surface area contributed by atoms with Crippen LogP contribution in [-0.2, 0) is 10.2 Å². The van der Waals surface area contributed by atoms with Gasteiger partial charge >= 0.3 is 0 Å². The third kappa shape index (κ3) is 1.06. The number of piperidine rings is 1. The number of nitrogens with zero attached hydrogens (tertiary/aromatic N) is 1. The van der Waals surface area contributed by atoms with Gasteiger partial charge in [0.25, 0.3) is 0 Å². The van der Waals surface area contributed by atoms with Gasteiger partial charge in [0.15, 0.2) is 5.72 Å². The summed E-state index contributed by atoms with van der Waals surface area (Å²) in [5.74, 6) is 0.831. The van der Waals surface area contributed by atoms with Crippen LogP contribution >= 0.6 is 0 Å². The number of fused-ring (bicyclic) bond motifs is 2. The first-order chi connectivity index (χ1) is 10.7. The lowest BCUT2D eigenvalue weighted by atomic mass is 9.61. The quantitative estimate of drug-likeness (QED) is 0.862. The van der Waals surface area contributed by atoms with Crippen LogP contribution in [0, 0.1) is 5.92 Å². The van der Waals surface area contributed by atoms with Crippen LogP contribution in [0.25, 0.3) is 0 Å². The van der Waals surface area contributed by atoms with Crippen molar-refractivity contribution in [3.05, 3.63) is 29.8 Å². The van der Waals surface area contributed by atoms with E-state index in [4.69, 9.17) is 4.74 Å². The average Bonchev–Trinajstić information content (AvgIpc) is 3.08. The molecule has 4 saturated heterocycles. The summed E-state index contributed by atoms with van der Waals surface area (Å²) in [7, 11) is 0. The van der Waals surface area contributed by atoms with Crippen LogP contribution in [0.5, 0.6) is 0 Å². The number of rotatable bonds is 1. The first-order valence-corrected chi connectivity index (χ1v) is 9.05. The van der Waals surface area contributed by atoms with Crippen LogP contribution in [0.3, 0.4) is 0 Å². The molecule has 0 radical (unpaired) electrons. The van der Waals surface area contributed by atoms with E-state index >= 15 is 0 Å². The van der Waals surface area contributed by atoms with E-state index < -0.39 is 0 Å². The summed E-state index contributed by atoms with van der Waals surface area (Å²) >= 11 is 0.